The lowest BCUT2D eigenvalue weighted by Crippen LogP contribution is -2.31. The van der Waals surface area contributed by atoms with Crippen LogP contribution in [0.25, 0.3) is 0 Å². The standard InChI is InChI=1S/C19H22BrN3O5S/c1-11(2)23-29(26,27)15-7-5-14(6-8-15)22-18(24)12(3)28-19(25)16-10-13(20)4-9-17(16)21/h4-12,23H,21H2,1-3H3,(H,22,24). The minimum atomic E-state index is -3.62. The smallest absolute Gasteiger partial charge is 0.341 e. The van der Waals surface area contributed by atoms with Crippen LogP contribution < -0.4 is 15.8 Å². The van der Waals surface area contributed by atoms with Gasteiger partial charge in [-0.25, -0.2) is 17.9 Å². The van der Waals surface area contributed by atoms with Crippen LogP contribution in [0, 0.1) is 0 Å². The van der Waals surface area contributed by atoms with Gasteiger partial charge in [-0.3, -0.25) is 4.79 Å². The van der Waals surface area contributed by atoms with Gasteiger partial charge in [0.1, 0.15) is 0 Å². The molecular weight excluding hydrogens is 462 g/mol. The lowest BCUT2D eigenvalue weighted by atomic mass is 10.2. The third-order valence-corrected chi connectivity index (χ3v) is 5.88. The van der Waals surface area contributed by atoms with Crippen molar-refractivity contribution in [2.45, 2.75) is 37.8 Å². The Kier molecular flexibility index (Phi) is 7.39. The Bertz CT molecular complexity index is 1010. The number of carbonyl (C=O) groups excluding carboxylic acids is 2. The molecule has 1 amide bonds. The van der Waals surface area contributed by atoms with Gasteiger partial charge in [0.25, 0.3) is 5.91 Å². The molecule has 0 fully saturated rings. The van der Waals surface area contributed by atoms with Gasteiger partial charge in [-0.2, -0.15) is 0 Å². The maximum atomic E-state index is 12.3. The van der Waals surface area contributed by atoms with Crippen molar-refractivity contribution in [1.29, 1.82) is 0 Å². The summed E-state index contributed by atoms with van der Waals surface area (Å²) in [5, 5.41) is 2.57. The van der Waals surface area contributed by atoms with Crippen LogP contribution in [0.4, 0.5) is 11.4 Å². The van der Waals surface area contributed by atoms with Crippen molar-refractivity contribution in [3.05, 3.63) is 52.5 Å². The van der Waals surface area contributed by atoms with E-state index in [4.69, 9.17) is 10.5 Å². The highest BCUT2D eigenvalue weighted by atomic mass is 79.9. The number of halogens is 1. The molecule has 0 aliphatic carbocycles. The average Bonchev–Trinajstić information content (AvgIpc) is 2.63. The van der Waals surface area contributed by atoms with E-state index in [1.807, 2.05) is 0 Å². The van der Waals surface area contributed by atoms with E-state index in [1.165, 1.54) is 37.3 Å². The summed E-state index contributed by atoms with van der Waals surface area (Å²) in [4.78, 5) is 24.6. The Morgan fingerprint density at radius 1 is 1.07 bits per heavy atom. The maximum absolute atomic E-state index is 12.3. The number of hydrogen-bond acceptors (Lipinski definition) is 6. The molecule has 0 aliphatic heterocycles. The first kappa shape index (κ1) is 22.9. The van der Waals surface area contributed by atoms with Gasteiger partial charge in [0.05, 0.1) is 10.5 Å². The van der Waals surface area contributed by atoms with Crippen LogP contribution in [-0.2, 0) is 19.6 Å². The SMILES string of the molecule is CC(C)NS(=O)(=O)c1ccc(NC(=O)C(C)OC(=O)c2cc(Br)ccc2N)cc1. The molecule has 0 spiro atoms. The van der Waals surface area contributed by atoms with Crippen LogP contribution in [-0.4, -0.2) is 32.4 Å². The van der Waals surface area contributed by atoms with E-state index in [2.05, 4.69) is 26.0 Å². The van der Waals surface area contributed by atoms with Crippen molar-refractivity contribution in [1.82, 2.24) is 4.72 Å². The number of hydrogen-bond donors (Lipinski definition) is 3. The number of ether oxygens (including phenoxy) is 1. The highest BCUT2D eigenvalue weighted by Gasteiger charge is 2.21. The average molecular weight is 484 g/mol. The van der Waals surface area contributed by atoms with Crippen molar-refractivity contribution in [2.24, 2.45) is 0 Å². The van der Waals surface area contributed by atoms with E-state index in [1.54, 1.807) is 26.0 Å². The Labute approximate surface area is 178 Å². The molecule has 2 rings (SSSR count). The second-order valence-electron chi connectivity index (χ2n) is 6.57. The van der Waals surface area contributed by atoms with Crippen molar-refractivity contribution in [2.75, 3.05) is 11.1 Å². The van der Waals surface area contributed by atoms with E-state index >= 15 is 0 Å². The molecule has 10 heteroatoms. The zero-order valence-electron chi connectivity index (χ0n) is 16.1. The van der Waals surface area contributed by atoms with Crippen molar-refractivity contribution < 1.29 is 22.7 Å². The van der Waals surface area contributed by atoms with E-state index in [0.29, 0.717) is 10.2 Å². The van der Waals surface area contributed by atoms with Gasteiger partial charge in [0.15, 0.2) is 6.10 Å². The minimum Gasteiger partial charge on any atom is -0.449 e. The van der Waals surface area contributed by atoms with Crippen LogP contribution in [0.2, 0.25) is 0 Å². The molecule has 1 unspecified atom stereocenters. The normalized spacial score (nSPS) is 12.4. The number of anilines is 2. The summed E-state index contributed by atoms with van der Waals surface area (Å²) >= 11 is 3.25. The fourth-order valence-corrected chi connectivity index (χ4v) is 3.93. The summed E-state index contributed by atoms with van der Waals surface area (Å²) in [6.45, 7) is 4.86. The molecule has 0 saturated carbocycles. The van der Waals surface area contributed by atoms with Crippen LogP contribution in [0.3, 0.4) is 0 Å². The topological polar surface area (TPSA) is 128 Å². The Hall–Kier alpha value is -2.43. The first-order chi connectivity index (χ1) is 13.5. The van der Waals surface area contributed by atoms with E-state index in [9.17, 15) is 18.0 Å². The summed E-state index contributed by atoms with van der Waals surface area (Å²) in [6.07, 6.45) is -1.09. The maximum Gasteiger partial charge on any atom is 0.341 e. The number of esters is 1. The van der Waals surface area contributed by atoms with Crippen molar-refractivity contribution in [3.63, 3.8) is 0 Å². The van der Waals surface area contributed by atoms with Gasteiger partial charge in [0, 0.05) is 21.9 Å². The van der Waals surface area contributed by atoms with Gasteiger partial charge in [0.2, 0.25) is 10.0 Å². The molecule has 0 bridgehead atoms. The monoisotopic (exact) mass is 483 g/mol. The second kappa shape index (κ2) is 9.38. The van der Waals surface area contributed by atoms with Crippen molar-refractivity contribution in [3.8, 4) is 0 Å². The lowest BCUT2D eigenvalue weighted by molar-refractivity contribution is -0.123. The Morgan fingerprint density at radius 2 is 1.69 bits per heavy atom. The number of sulfonamides is 1. The van der Waals surface area contributed by atoms with Gasteiger partial charge >= 0.3 is 5.97 Å². The number of nitrogen functional groups attached to an aromatic ring is 1. The number of amides is 1. The highest BCUT2D eigenvalue weighted by molar-refractivity contribution is 9.10. The van der Waals surface area contributed by atoms with Gasteiger partial charge < -0.3 is 15.8 Å². The Balaban J connectivity index is 2.02. The van der Waals surface area contributed by atoms with E-state index in [-0.39, 0.29) is 22.2 Å². The molecule has 0 radical (unpaired) electrons. The van der Waals surface area contributed by atoms with E-state index in [0.717, 1.165) is 0 Å². The zero-order chi connectivity index (χ0) is 21.8. The number of nitrogens with two attached hydrogens (primary N) is 1. The van der Waals surface area contributed by atoms with Crippen LogP contribution in [0.1, 0.15) is 31.1 Å². The van der Waals surface area contributed by atoms with Crippen molar-refractivity contribution >= 4 is 49.2 Å². The first-order valence-corrected chi connectivity index (χ1v) is 11.0. The molecule has 2 aromatic carbocycles. The molecular formula is C19H22BrN3O5S. The predicted molar refractivity (Wildman–Crippen MR) is 114 cm³/mol. The van der Waals surface area contributed by atoms with Gasteiger partial charge in [-0.15, -0.1) is 0 Å². The molecule has 0 aromatic heterocycles. The third-order valence-electron chi connectivity index (χ3n) is 3.71. The number of nitrogens with one attached hydrogen (secondary N) is 2. The summed E-state index contributed by atoms with van der Waals surface area (Å²) in [5.41, 5.74) is 6.51. The molecule has 4 N–H and O–H groups in total. The molecule has 8 nitrogen and oxygen atoms in total. The quantitative estimate of drug-likeness (QED) is 0.410. The summed E-state index contributed by atoms with van der Waals surface area (Å²) in [5.74, 6) is -1.30. The molecule has 0 heterocycles. The second-order valence-corrected chi connectivity index (χ2v) is 9.20. The molecule has 1 atom stereocenters. The number of benzene rings is 2. The fourth-order valence-electron chi connectivity index (χ4n) is 2.32. The zero-order valence-corrected chi connectivity index (χ0v) is 18.5. The summed E-state index contributed by atoms with van der Waals surface area (Å²) < 4.78 is 32.5. The molecule has 0 aliphatic rings. The molecule has 29 heavy (non-hydrogen) atoms. The summed E-state index contributed by atoms with van der Waals surface area (Å²) in [7, 11) is -3.62. The molecule has 2 aromatic rings. The lowest BCUT2D eigenvalue weighted by Gasteiger charge is -2.15. The molecule has 0 saturated heterocycles. The number of carbonyl (C=O) groups is 2. The minimum absolute atomic E-state index is 0.0776. The van der Waals surface area contributed by atoms with Gasteiger partial charge in [-0.1, -0.05) is 15.9 Å². The van der Waals surface area contributed by atoms with Crippen LogP contribution in [0.5, 0.6) is 0 Å². The van der Waals surface area contributed by atoms with E-state index < -0.39 is 28.0 Å². The first-order valence-electron chi connectivity index (χ1n) is 8.69. The highest BCUT2D eigenvalue weighted by Crippen LogP contribution is 2.20. The van der Waals surface area contributed by atoms with Crippen LogP contribution >= 0.6 is 15.9 Å². The van der Waals surface area contributed by atoms with Crippen LogP contribution in [0.15, 0.2) is 51.8 Å². The molecule has 156 valence electrons. The van der Waals surface area contributed by atoms with Gasteiger partial charge in [-0.05, 0) is 63.2 Å². The largest absolute Gasteiger partial charge is 0.449 e. The Morgan fingerprint density at radius 3 is 2.28 bits per heavy atom. The predicted octanol–water partition coefficient (Wildman–Crippen LogP) is 2.90. The fraction of sp³-hybridized carbons (Fsp3) is 0.263. The summed E-state index contributed by atoms with van der Waals surface area (Å²) in [6, 6.07) is 10.2. The number of rotatable bonds is 7. The third kappa shape index (κ3) is 6.28.